The molecule has 0 saturated carbocycles. The summed E-state index contributed by atoms with van der Waals surface area (Å²) in [7, 11) is 0. The fourth-order valence-electron chi connectivity index (χ4n) is 1.53. The molecular formula is C12H14ClN3O. The van der Waals surface area contributed by atoms with Gasteiger partial charge < -0.3 is 10.5 Å². The van der Waals surface area contributed by atoms with E-state index in [-0.39, 0.29) is 0 Å². The molecule has 17 heavy (non-hydrogen) atoms. The Morgan fingerprint density at radius 3 is 2.59 bits per heavy atom. The maximum atomic E-state index is 5.83. The van der Waals surface area contributed by atoms with E-state index in [2.05, 4.69) is 5.10 Å². The van der Waals surface area contributed by atoms with Gasteiger partial charge in [-0.3, -0.25) is 0 Å². The van der Waals surface area contributed by atoms with Gasteiger partial charge in [-0.1, -0.05) is 23.7 Å². The van der Waals surface area contributed by atoms with Crippen molar-refractivity contribution in [2.24, 2.45) is 0 Å². The summed E-state index contributed by atoms with van der Waals surface area (Å²) in [5.41, 5.74) is 6.87. The highest BCUT2D eigenvalue weighted by molar-refractivity contribution is 6.32. The highest BCUT2D eigenvalue weighted by Gasteiger charge is 2.05. The number of hydrogen-bond acceptors (Lipinski definition) is 3. The van der Waals surface area contributed by atoms with Crippen LogP contribution in [0.5, 0.6) is 5.75 Å². The largest absolute Gasteiger partial charge is 0.494 e. The van der Waals surface area contributed by atoms with Gasteiger partial charge in [-0.2, -0.15) is 5.10 Å². The predicted molar refractivity (Wildman–Crippen MR) is 68.4 cm³/mol. The fourth-order valence-corrected chi connectivity index (χ4v) is 1.67. The van der Waals surface area contributed by atoms with Crippen LogP contribution in [0.3, 0.4) is 0 Å². The fraction of sp³-hybridized carbons (Fsp3) is 0.250. The van der Waals surface area contributed by atoms with Crippen LogP contribution in [0.15, 0.2) is 30.5 Å². The van der Waals surface area contributed by atoms with Crippen LogP contribution in [0, 0.1) is 0 Å². The van der Waals surface area contributed by atoms with Crippen molar-refractivity contribution in [3.8, 4) is 5.75 Å². The van der Waals surface area contributed by atoms with Crippen LogP contribution in [-0.4, -0.2) is 16.4 Å². The number of ether oxygens (including phenoxy) is 1. The molecule has 0 atom stereocenters. The average molecular weight is 252 g/mol. The third kappa shape index (κ3) is 2.71. The number of aromatic nitrogens is 2. The molecule has 0 aliphatic rings. The van der Waals surface area contributed by atoms with Crippen LogP contribution in [0.4, 0.5) is 5.82 Å². The zero-order valence-electron chi connectivity index (χ0n) is 9.56. The second kappa shape index (κ2) is 5.10. The van der Waals surface area contributed by atoms with Gasteiger partial charge in [-0.05, 0) is 24.6 Å². The van der Waals surface area contributed by atoms with Gasteiger partial charge in [0, 0.05) is 0 Å². The molecule has 0 spiro atoms. The van der Waals surface area contributed by atoms with Crippen molar-refractivity contribution in [2.45, 2.75) is 13.5 Å². The molecule has 0 fully saturated rings. The van der Waals surface area contributed by atoms with Gasteiger partial charge in [0.05, 0.1) is 19.3 Å². The Hall–Kier alpha value is -1.68. The number of benzene rings is 1. The lowest BCUT2D eigenvalue weighted by Crippen LogP contribution is -2.05. The number of nitrogens with zero attached hydrogens (tertiary/aromatic N) is 2. The molecule has 2 rings (SSSR count). The Morgan fingerprint density at radius 1 is 1.35 bits per heavy atom. The lowest BCUT2D eigenvalue weighted by Gasteiger charge is -2.06. The van der Waals surface area contributed by atoms with E-state index >= 15 is 0 Å². The zero-order chi connectivity index (χ0) is 12.3. The normalized spacial score (nSPS) is 10.5. The Bertz CT molecular complexity index is 493. The van der Waals surface area contributed by atoms with Crippen molar-refractivity contribution in [1.82, 2.24) is 9.78 Å². The first-order chi connectivity index (χ1) is 8.20. The second-order valence-electron chi connectivity index (χ2n) is 3.61. The second-order valence-corrected chi connectivity index (χ2v) is 4.02. The minimum atomic E-state index is 0.482. The molecule has 2 N–H and O–H groups in total. The molecule has 4 nitrogen and oxygen atoms in total. The van der Waals surface area contributed by atoms with Crippen LogP contribution < -0.4 is 10.5 Å². The molecule has 1 aromatic heterocycles. The molecule has 5 heteroatoms. The first-order valence-corrected chi connectivity index (χ1v) is 5.77. The number of rotatable bonds is 4. The van der Waals surface area contributed by atoms with E-state index < -0.39 is 0 Å². The van der Waals surface area contributed by atoms with Gasteiger partial charge in [0.25, 0.3) is 0 Å². The van der Waals surface area contributed by atoms with Crippen molar-refractivity contribution in [3.05, 3.63) is 41.0 Å². The summed E-state index contributed by atoms with van der Waals surface area (Å²) in [5.74, 6) is 1.35. The Labute approximate surface area is 105 Å². The molecule has 0 saturated heterocycles. The Kier molecular flexibility index (Phi) is 3.54. The Balaban J connectivity index is 2.11. The number of halogens is 1. The third-order valence-corrected chi connectivity index (χ3v) is 2.69. The first-order valence-electron chi connectivity index (χ1n) is 5.39. The highest BCUT2D eigenvalue weighted by atomic mass is 35.5. The summed E-state index contributed by atoms with van der Waals surface area (Å²) in [5, 5.41) is 4.58. The maximum absolute atomic E-state index is 5.83. The molecule has 0 radical (unpaired) electrons. The summed E-state index contributed by atoms with van der Waals surface area (Å²) in [4.78, 5) is 0. The van der Waals surface area contributed by atoms with E-state index in [1.54, 1.807) is 10.9 Å². The summed E-state index contributed by atoms with van der Waals surface area (Å²) in [6, 6.07) is 7.83. The smallest absolute Gasteiger partial charge is 0.140 e. The van der Waals surface area contributed by atoms with Crippen molar-refractivity contribution < 1.29 is 4.74 Å². The van der Waals surface area contributed by atoms with E-state index in [4.69, 9.17) is 22.1 Å². The zero-order valence-corrected chi connectivity index (χ0v) is 10.3. The molecule has 0 bridgehead atoms. The van der Waals surface area contributed by atoms with Gasteiger partial charge in [0.2, 0.25) is 0 Å². The van der Waals surface area contributed by atoms with Crippen molar-refractivity contribution in [1.29, 1.82) is 0 Å². The first kappa shape index (κ1) is 11.8. The van der Waals surface area contributed by atoms with Crippen LogP contribution in [0.1, 0.15) is 12.5 Å². The Morgan fingerprint density at radius 2 is 2.06 bits per heavy atom. The minimum absolute atomic E-state index is 0.482. The van der Waals surface area contributed by atoms with E-state index in [0.717, 1.165) is 11.3 Å². The summed E-state index contributed by atoms with van der Waals surface area (Å²) >= 11 is 5.83. The SMILES string of the molecule is CCOc1ccc(Cn2ncc(Cl)c2N)cc1. The summed E-state index contributed by atoms with van der Waals surface area (Å²) in [6.07, 6.45) is 1.55. The highest BCUT2D eigenvalue weighted by Crippen LogP contribution is 2.19. The molecule has 1 aromatic carbocycles. The van der Waals surface area contributed by atoms with E-state index in [0.29, 0.717) is 24.0 Å². The maximum Gasteiger partial charge on any atom is 0.140 e. The minimum Gasteiger partial charge on any atom is -0.494 e. The molecule has 1 heterocycles. The van der Waals surface area contributed by atoms with Crippen molar-refractivity contribution in [2.75, 3.05) is 12.3 Å². The topological polar surface area (TPSA) is 53.1 Å². The molecule has 2 aromatic rings. The lowest BCUT2D eigenvalue weighted by atomic mass is 10.2. The number of anilines is 1. The van der Waals surface area contributed by atoms with Gasteiger partial charge >= 0.3 is 0 Å². The van der Waals surface area contributed by atoms with E-state index in [1.165, 1.54) is 0 Å². The third-order valence-electron chi connectivity index (χ3n) is 2.40. The number of nitrogens with two attached hydrogens (primary N) is 1. The van der Waals surface area contributed by atoms with Crippen LogP contribution >= 0.6 is 11.6 Å². The van der Waals surface area contributed by atoms with Crippen molar-refractivity contribution >= 4 is 17.4 Å². The molecule has 90 valence electrons. The van der Waals surface area contributed by atoms with E-state index in [1.807, 2.05) is 31.2 Å². The predicted octanol–water partition coefficient (Wildman–Crippen LogP) is 2.57. The van der Waals surface area contributed by atoms with Crippen LogP contribution in [0.2, 0.25) is 5.02 Å². The van der Waals surface area contributed by atoms with Crippen LogP contribution in [-0.2, 0) is 6.54 Å². The average Bonchev–Trinajstić information content (AvgIpc) is 2.64. The standard InChI is InChI=1S/C12H14ClN3O/c1-2-17-10-5-3-9(4-6-10)8-16-12(14)11(13)7-15-16/h3-7H,2,8,14H2,1H3. The monoisotopic (exact) mass is 251 g/mol. The quantitative estimate of drug-likeness (QED) is 0.909. The van der Waals surface area contributed by atoms with Gasteiger partial charge in [0.1, 0.15) is 16.6 Å². The van der Waals surface area contributed by atoms with Crippen molar-refractivity contribution in [3.63, 3.8) is 0 Å². The van der Waals surface area contributed by atoms with Gasteiger partial charge in [-0.15, -0.1) is 0 Å². The molecular weight excluding hydrogens is 238 g/mol. The van der Waals surface area contributed by atoms with Gasteiger partial charge in [0.15, 0.2) is 0 Å². The van der Waals surface area contributed by atoms with Gasteiger partial charge in [-0.25, -0.2) is 4.68 Å². The van der Waals surface area contributed by atoms with E-state index in [9.17, 15) is 0 Å². The molecule has 0 aliphatic carbocycles. The molecule has 0 unspecified atom stereocenters. The molecule has 0 aliphatic heterocycles. The number of nitrogen functional groups attached to an aromatic ring is 1. The summed E-state index contributed by atoms with van der Waals surface area (Å²) < 4.78 is 7.04. The van der Waals surface area contributed by atoms with Crippen LogP contribution in [0.25, 0.3) is 0 Å². The number of hydrogen-bond donors (Lipinski definition) is 1. The lowest BCUT2D eigenvalue weighted by molar-refractivity contribution is 0.340. The summed E-state index contributed by atoms with van der Waals surface area (Å²) in [6.45, 7) is 3.23. The molecule has 0 amide bonds.